The van der Waals surface area contributed by atoms with Crippen LogP contribution in [0.15, 0.2) is 29.4 Å². The molecule has 0 N–H and O–H groups in total. The van der Waals surface area contributed by atoms with E-state index >= 15 is 0 Å². The number of rotatable bonds is 3. The van der Waals surface area contributed by atoms with E-state index < -0.39 is 10.0 Å². The van der Waals surface area contributed by atoms with Crippen molar-refractivity contribution in [1.82, 2.24) is 13.7 Å². The Kier molecular flexibility index (Phi) is 3.94. The molecule has 3 heterocycles. The molecule has 0 saturated carbocycles. The molecule has 2 aromatic heterocycles. The Bertz CT molecular complexity index is 757. The van der Waals surface area contributed by atoms with Crippen molar-refractivity contribution in [2.75, 3.05) is 6.54 Å². The van der Waals surface area contributed by atoms with Gasteiger partial charge in [-0.05, 0) is 31.4 Å². The molecule has 0 spiro atoms. The van der Waals surface area contributed by atoms with Crippen LogP contribution in [0.5, 0.6) is 0 Å². The molecule has 0 amide bonds. The van der Waals surface area contributed by atoms with Crippen molar-refractivity contribution in [3.63, 3.8) is 0 Å². The minimum absolute atomic E-state index is 0.0432. The summed E-state index contributed by atoms with van der Waals surface area (Å²) in [5.74, 6) is 0. The molecule has 0 bridgehead atoms. The number of hydrogen-bond donors (Lipinski definition) is 0. The van der Waals surface area contributed by atoms with Gasteiger partial charge in [0.05, 0.1) is 0 Å². The van der Waals surface area contributed by atoms with Gasteiger partial charge in [0.25, 0.3) is 10.0 Å². The molecule has 0 radical (unpaired) electrons. The lowest BCUT2D eigenvalue weighted by molar-refractivity contribution is 0.246. The van der Waals surface area contributed by atoms with Crippen LogP contribution < -0.4 is 0 Å². The summed E-state index contributed by atoms with van der Waals surface area (Å²) in [5, 5.41) is 0.127. The largest absolute Gasteiger partial charge is 0.288 e. The second-order valence-corrected chi connectivity index (χ2v) is 7.47. The highest BCUT2D eigenvalue weighted by Crippen LogP contribution is 2.31. The Balaban J connectivity index is 2.14. The van der Waals surface area contributed by atoms with Crippen molar-refractivity contribution in [3.05, 3.63) is 29.5 Å². The highest BCUT2D eigenvalue weighted by Gasteiger charge is 2.36. The van der Waals surface area contributed by atoms with E-state index in [9.17, 15) is 8.42 Å². The van der Waals surface area contributed by atoms with Crippen LogP contribution in [0.1, 0.15) is 32.6 Å². The molecular formula is C14H18ClN3O2S. The summed E-state index contributed by atoms with van der Waals surface area (Å²) in [5.41, 5.74) is 0.547. The monoisotopic (exact) mass is 327 g/mol. The van der Waals surface area contributed by atoms with Crippen LogP contribution in [0.25, 0.3) is 5.65 Å². The standard InChI is InChI=1S/C14H18ClN3O2S/c1-2-11-7-3-6-10-18(11)21(19,20)14-13(15)16-12-8-4-5-9-17(12)14/h4-5,8-9,11H,2-3,6-7,10H2,1H3. The number of piperidine rings is 1. The number of imidazole rings is 1. The average Bonchev–Trinajstić information content (AvgIpc) is 2.83. The van der Waals surface area contributed by atoms with Gasteiger partial charge in [-0.1, -0.05) is 31.0 Å². The topological polar surface area (TPSA) is 54.7 Å². The Morgan fingerprint density at radius 2 is 2.19 bits per heavy atom. The first-order chi connectivity index (χ1) is 10.1. The normalized spacial score (nSPS) is 21.0. The van der Waals surface area contributed by atoms with Crippen LogP contribution in [0, 0.1) is 0 Å². The minimum atomic E-state index is -3.64. The fourth-order valence-electron chi connectivity index (χ4n) is 2.98. The Labute approximate surface area is 129 Å². The molecule has 3 rings (SSSR count). The second kappa shape index (κ2) is 5.59. The lowest BCUT2D eigenvalue weighted by Crippen LogP contribution is -2.43. The van der Waals surface area contributed by atoms with E-state index in [0.717, 1.165) is 25.7 Å². The summed E-state index contributed by atoms with van der Waals surface area (Å²) in [4.78, 5) is 4.15. The highest BCUT2D eigenvalue weighted by molar-refractivity contribution is 7.89. The third kappa shape index (κ3) is 2.45. The molecule has 1 fully saturated rings. The Morgan fingerprint density at radius 3 is 2.95 bits per heavy atom. The summed E-state index contributed by atoms with van der Waals surface area (Å²) in [6.45, 7) is 2.58. The smallest absolute Gasteiger partial charge is 0.262 e. The summed E-state index contributed by atoms with van der Waals surface area (Å²) in [6.07, 6.45) is 5.37. The van der Waals surface area contributed by atoms with Gasteiger partial charge in [0.15, 0.2) is 10.2 Å². The van der Waals surface area contributed by atoms with Crippen LogP contribution in [-0.2, 0) is 10.0 Å². The number of fused-ring (bicyclic) bond motifs is 1. The van der Waals surface area contributed by atoms with E-state index in [4.69, 9.17) is 11.6 Å². The maximum Gasteiger partial charge on any atom is 0.262 e. The predicted molar refractivity (Wildman–Crippen MR) is 82.0 cm³/mol. The maximum atomic E-state index is 13.0. The number of hydrogen-bond acceptors (Lipinski definition) is 3. The first-order valence-electron chi connectivity index (χ1n) is 7.20. The van der Waals surface area contributed by atoms with Crippen molar-refractivity contribution in [3.8, 4) is 0 Å². The van der Waals surface area contributed by atoms with Gasteiger partial charge in [-0.15, -0.1) is 0 Å². The van der Waals surface area contributed by atoms with Gasteiger partial charge in [-0.2, -0.15) is 4.31 Å². The molecule has 1 saturated heterocycles. The fourth-order valence-corrected chi connectivity index (χ4v) is 5.36. The van der Waals surface area contributed by atoms with E-state index in [1.165, 1.54) is 0 Å². The van der Waals surface area contributed by atoms with Crippen molar-refractivity contribution in [2.24, 2.45) is 0 Å². The molecule has 1 aliphatic rings. The lowest BCUT2D eigenvalue weighted by atomic mass is 10.0. The van der Waals surface area contributed by atoms with Gasteiger partial charge in [-0.25, -0.2) is 13.4 Å². The summed E-state index contributed by atoms with van der Waals surface area (Å²) in [7, 11) is -3.64. The minimum Gasteiger partial charge on any atom is -0.288 e. The molecule has 7 heteroatoms. The molecular weight excluding hydrogens is 310 g/mol. The van der Waals surface area contributed by atoms with Gasteiger partial charge in [0.2, 0.25) is 0 Å². The Morgan fingerprint density at radius 1 is 1.38 bits per heavy atom. The van der Waals surface area contributed by atoms with E-state index in [0.29, 0.717) is 12.2 Å². The summed E-state index contributed by atoms with van der Waals surface area (Å²) in [6, 6.07) is 5.38. The fraction of sp³-hybridized carbons (Fsp3) is 0.500. The summed E-state index contributed by atoms with van der Waals surface area (Å²) < 4.78 is 29.2. The molecule has 1 unspecified atom stereocenters. The quantitative estimate of drug-likeness (QED) is 0.871. The van der Waals surface area contributed by atoms with E-state index in [1.807, 2.05) is 13.0 Å². The van der Waals surface area contributed by atoms with Crippen molar-refractivity contribution < 1.29 is 8.42 Å². The first-order valence-corrected chi connectivity index (χ1v) is 9.02. The van der Waals surface area contributed by atoms with Crippen LogP contribution in [-0.4, -0.2) is 34.7 Å². The van der Waals surface area contributed by atoms with E-state index in [-0.39, 0.29) is 16.2 Å². The van der Waals surface area contributed by atoms with E-state index in [2.05, 4.69) is 4.98 Å². The zero-order valence-corrected chi connectivity index (χ0v) is 13.4. The van der Waals surface area contributed by atoms with Gasteiger partial charge >= 0.3 is 0 Å². The van der Waals surface area contributed by atoms with Gasteiger partial charge in [-0.3, -0.25) is 4.40 Å². The number of pyridine rings is 1. The molecule has 114 valence electrons. The average molecular weight is 328 g/mol. The van der Waals surface area contributed by atoms with Gasteiger partial charge < -0.3 is 0 Å². The van der Waals surface area contributed by atoms with Crippen LogP contribution in [0.4, 0.5) is 0 Å². The molecule has 5 nitrogen and oxygen atoms in total. The molecule has 21 heavy (non-hydrogen) atoms. The molecule has 0 aliphatic carbocycles. The third-order valence-electron chi connectivity index (χ3n) is 4.04. The number of halogens is 1. The van der Waals surface area contributed by atoms with Crippen LogP contribution in [0.2, 0.25) is 5.15 Å². The molecule has 1 atom stereocenters. The van der Waals surface area contributed by atoms with E-state index in [1.54, 1.807) is 27.0 Å². The Hall–Kier alpha value is -1.11. The highest BCUT2D eigenvalue weighted by atomic mass is 35.5. The van der Waals surface area contributed by atoms with Crippen molar-refractivity contribution in [2.45, 2.75) is 43.7 Å². The number of sulfonamides is 1. The summed E-state index contributed by atoms with van der Waals surface area (Å²) >= 11 is 6.12. The molecule has 2 aromatic rings. The van der Waals surface area contributed by atoms with Gasteiger partial charge in [0, 0.05) is 18.8 Å². The van der Waals surface area contributed by atoms with Crippen molar-refractivity contribution >= 4 is 27.3 Å². The van der Waals surface area contributed by atoms with Crippen LogP contribution >= 0.6 is 11.6 Å². The maximum absolute atomic E-state index is 13.0. The lowest BCUT2D eigenvalue weighted by Gasteiger charge is -2.33. The first kappa shape index (κ1) is 14.8. The van der Waals surface area contributed by atoms with Crippen molar-refractivity contribution in [1.29, 1.82) is 0 Å². The predicted octanol–water partition coefficient (Wildman–Crippen LogP) is 2.94. The van der Waals surface area contributed by atoms with Gasteiger partial charge in [0.1, 0.15) is 5.65 Å². The number of nitrogens with zero attached hydrogens (tertiary/aromatic N) is 3. The SMILES string of the molecule is CCC1CCCCN1S(=O)(=O)c1c(Cl)nc2ccccn12. The molecule has 0 aromatic carbocycles. The second-order valence-electron chi connectivity index (χ2n) is 5.31. The zero-order chi connectivity index (χ0) is 15.0. The van der Waals surface area contributed by atoms with Crippen LogP contribution in [0.3, 0.4) is 0 Å². The zero-order valence-electron chi connectivity index (χ0n) is 11.9. The molecule has 1 aliphatic heterocycles. The number of aromatic nitrogens is 2. The third-order valence-corrected chi connectivity index (χ3v) is 6.40.